The van der Waals surface area contributed by atoms with E-state index in [1.54, 1.807) is 0 Å². The summed E-state index contributed by atoms with van der Waals surface area (Å²) in [7, 11) is 0. The number of hydrogen-bond acceptors (Lipinski definition) is 1. The first-order valence-electron chi connectivity index (χ1n) is 5.43. The topological polar surface area (TPSA) is 12.0 Å². The van der Waals surface area contributed by atoms with E-state index in [0.29, 0.717) is 4.47 Å². The number of halogens is 2. The van der Waals surface area contributed by atoms with Crippen molar-refractivity contribution in [2.24, 2.45) is 0 Å². The highest BCUT2D eigenvalue weighted by molar-refractivity contribution is 9.10. The molecule has 1 N–H and O–H groups in total. The molecule has 1 aliphatic rings. The minimum atomic E-state index is -0.185. The van der Waals surface area contributed by atoms with E-state index in [4.69, 9.17) is 0 Å². The molecule has 0 saturated heterocycles. The van der Waals surface area contributed by atoms with Crippen molar-refractivity contribution in [3.8, 4) is 0 Å². The highest BCUT2D eigenvalue weighted by Gasteiger charge is 2.19. The molecule has 1 nitrogen and oxygen atoms in total. The molecule has 0 amide bonds. The Bertz CT molecular complexity index is 336. The van der Waals surface area contributed by atoms with E-state index in [1.165, 1.54) is 24.5 Å². The second kappa shape index (κ2) is 5.08. The van der Waals surface area contributed by atoms with Gasteiger partial charge in [-0.15, -0.1) is 0 Å². The Balaban J connectivity index is 1.74. The van der Waals surface area contributed by atoms with Crippen LogP contribution in [0.5, 0.6) is 0 Å². The van der Waals surface area contributed by atoms with E-state index < -0.39 is 0 Å². The van der Waals surface area contributed by atoms with Gasteiger partial charge in [-0.05, 0) is 65.9 Å². The zero-order valence-corrected chi connectivity index (χ0v) is 10.2. The maximum absolute atomic E-state index is 12.9. The number of nitrogens with one attached hydrogen (secondary N) is 1. The molecule has 15 heavy (non-hydrogen) atoms. The highest BCUT2D eigenvalue weighted by Crippen LogP contribution is 2.19. The summed E-state index contributed by atoms with van der Waals surface area (Å²) in [6, 6.07) is 6.03. The van der Waals surface area contributed by atoms with Crippen LogP contribution in [-0.4, -0.2) is 12.6 Å². The molecule has 0 bridgehead atoms. The Hall–Kier alpha value is -0.410. The van der Waals surface area contributed by atoms with Gasteiger partial charge in [0.15, 0.2) is 0 Å². The van der Waals surface area contributed by atoms with Crippen molar-refractivity contribution >= 4 is 15.9 Å². The summed E-state index contributed by atoms with van der Waals surface area (Å²) in [6.45, 7) is 1.07. The smallest absolute Gasteiger partial charge is 0.137 e. The minimum Gasteiger partial charge on any atom is -0.314 e. The summed E-state index contributed by atoms with van der Waals surface area (Å²) in [4.78, 5) is 0. The van der Waals surface area contributed by atoms with E-state index >= 15 is 0 Å². The van der Waals surface area contributed by atoms with Crippen LogP contribution in [0.4, 0.5) is 4.39 Å². The molecule has 1 saturated carbocycles. The molecule has 0 heterocycles. The maximum Gasteiger partial charge on any atom is 0.137 e. The minimum absolute atomic E-state index is 0.185. The lowest BCUT2D eigenvalue weighted by Gasteiger charge is -2.04. The van der Waals surface area contributed by atoms with Crippen LogP contribution in [0.3, 0.4) is 0 Å². The van der Waals surface area contributed by atoms with Crippen LogP contribution in [-0.2, 0) is 6.42 Å². The third-order valence-corrected chi connectivity index (χ3v) is 3.24. The zero-order valence-electron chi connectivity index (χ0n) is 8.60. The van der Waals surface area contributed by atoms with Crippen LogP contribution in [0.1, 0.15) is 24.8 Å². The standard InChI is InChI=1S/C12H15BrFN/c13-11-8-9(3-6-12(11)14)2-1-7-15-10-4-5-10/h3,6,8,10,15H,1-2,4-5,7H2. The van der Waals surface area contributed by atoms with E-state index in [-0.39, 0.29) is 5.82 Å². The lowest BCUT2D eigenvalue weighted by Crippen LogP contribution is -2.17. The molecule has 0 atom stereocenters. The first kappa shape index (κ1) is 11.1. The lowest BCUT2D eigenvalue weighted by atomic mass is 10.1. The SMILES string of the molecule is Fc1ccc(CCCNC2CC2)cc1Br. The monoisotopic (exact) mass is 271 g/mol. The normalized spacial score (nSPS) is 15.6. The summed E-state index contributed by atoms with van der Waals surface area (Å²) in [6.07, 6.45) is 4.80. The van der Waals surface area contributed by atoms with Gasteiger partial charge >= 0.3 is 0 Å². The van der Waals surface area contributed by atoms with Crippen molar-refractivity contribution in [1.29, 1.82) is 0 Å². The molecule has 0 unspecified atom stereocenters. The summed E-state index contributed by atoms with van der Waals surface area (Å²) in [5.41, 5.74) is 1.20. The first-order chi connectivity index (χ1) is 7.25. The molecule has 1 aliphatic carbocycles. The van der Waals surface area contributed by atoms with Crippen LogP contribution < -0.4 is 5.32 Å². The molecule has 1 fully saturated rings. The van der Waals surface area contributed by atoms with Gasteiger partial charge in [0.1, 0.15) is 5.82 Å². The summed E-state index contributed by atoms with van der Waals surface area (Å²) < 4.78 is 13.5. The Morgan fingerprint density at radius 3 is 2.87 bits per heavy atom. The Morgan fingerprint density at radius 2 is 2.20 bits per heavy atom. The van der Waals surface area contributed by atoms with Gasteiger partial charge in [-0.2, -0.15) is 0 Å². The van der Waals surface area contributed by atoms with Crippen LogP contribution in [0.2, 0.25) is 0 Å². The van der Waals surface area contributed by atoms with Gasteiger partial charge < -0.3 is 5.32 Å². The molecule has 0 aromatic heterocycles. The van der Waals surface area contributed by atoms with Crippen molar-refractivity contribution in [1.82, 2.24) is 5.32 Å². The van der Waals surface area contributed by atoms with Gasteiger partial charge in [0, 0.05) is 6.04 Å². The molecular formula is C12H15BrFN. The predicted octanol–water partition coefficient (Wildman–Crippen LogP) is 3.27. The number of rotatable bonds is 5. The van der Waals surface area contributed by atoms with Gasteiger partial charge in [-0.3, -0.25) is 0 Å². The average molecular weight is 272 g/mol. The quantitative estimate of drug-likeness (QED) is 0.811. The fourth-order valence-electron chi connectivity index (χ4n) is 1.58. The Labute approximate surface area is 98.2 Å². The molecular weight excluding hydrogens is 257 g/mol. The fraction of sp³-hybridized carbons (Fsp3) is 0.500. The molecule has 3 heteroatoms. The van der Waals surface area contributed by atoms with Gasteiger partial charge in [0.05, 0.1) is 4.47 Å². The van der Waals surface area contributed by atoms with E-state index in [0.717, 1.165) is 25.4 Å². The molecule has 0 aliphatic heterocycles. The predicted molar refractivity (Wildman–Crippen MR) is 63.4 cm³/mol. The second-order valence-electron chi connectivity index (χ2n) is 4.08. The molecule has 2 rings (SSSR count). The van der Waals surface area contributed by atoms with Crippen LogP contribution in [0.25, 0.3) is 0 Å². The highest BCUT2D eigenvalue weighted by atomic mass is 79.9. The van der Waals surface area contributed by atoms with Gasteiger partial charge in [-0.1, -0.05) is 6.07 Å². The number of hydrogen-bond donors (Lipinski definition) is 1. The second-order valence-corrected chi connectivity index (χ2v) is 4.93. The van der Waals surface area contributed by atoms with Crippen LogP contribution in [0.15, 0.2) is 22.7 Å². The zero-order chi connectivity index (χ0) is 10.7. The Kier molecular flexibility index (Phi) is 3.76. The van der Waals surface area contributed by atoms with E-state index in [1.807, 2.05) is 12.1 Å². The van der Waals surface area contributed by atoms with Gasteiger partial charge in [0.2, 0.25) is 0 Å². The van der Waals surface area contributed by atoms with Crippen molar-refractivity contribution in [2.45, 2.75) is 31.7 Å². The van der Waals surface area contributed by atoms with Crippen LogP contribution in [0, 0.1) is 5.82 Å². The molecule has 0 radical (unpaired) electrons. The summed E-state index contributed by atoms with van der Waals surface area (Å²) in [5, 5.41) is 3.47. The van der Waals surface area contributed by atoms with Crippen molar-refractivity contribution in [3.63, 3.8) is 0 Å². The number of aryl methyl sites for hydroxylation is 1. The maximum atomic E-state index is 12.9. The number of benzene rings is 1. The fourth-order valence-corrected chi connectivity index (χ4v) is 2.01. The van der Waals surface area contributed by atoms with Crippen LogP contribution >= 0.6 is 15.9 Å². The summed E-state index contributed by atoms with van der Waals surface area (Å²) in [5.74, 6) is -0.185. The van der Waals surface area contributed by atoms with Crippen molar-refractivity contribution < 1.29 is 4.39 Å². The first-order valence-corrected chi connectivity index (χ1v) is 6.22. The third kappa shape index (κ3) is 3.58. The van der Waals surface area contributed by atoms with E-state index in [9.17, 15) is 4.39 Å². The molecule has 82 valence electrons. The lowest BCUT2D eigenvalue weighted by molar-refractivity contribution is 0.618. The molecule has 1 aromatic rings. The Morgan fingerprint density at radius 1 is 1.40 bits per heavy atom. The van der Waals surface area contributed by atoms with E-state index in [2.05, 4.69) is 21.2 Å². The summed E-state index contributed by atoms with van der Waals surface area (Å²) >= 11 is 3.20. The molecule has 0 spiro atoms. The largest absolute Gasteiger partial charge is 0.314 e. The van der Waals surface area contributed by atoms with Crippen molar-refractivity contribution in [3.05, 3.63) is 34.1 Å². The van der Waals surface area contributed by atoms with Gasteiger partial charge in [-0.25, -0.2) is 4.39 Å². The molecule has 1 aromatic carbocycles. The van der Waals surface area contributed by atoms with Crippen molar-refractivity contribution in [2.75, 3.05) is 6.54 Å². The average Bonchev–Trinajstić information content (AvgIpc) is 3.02. The van der Waals surface area contributed by atoms with Gasteiger partial charge in [0.25, 0.3) is 0 Å². The third-order valence-electron chi connectivity index (χ3n) is 2.64.